The van der Waals surface area contributed by atoms with Gasteiger partial charge in [-0.05, 0) is 166 Å². The summed E-state index contributed by atoms with van der Waals surface area (Å²) >= 11 is 0. The molecule has 0 atom stereocenters. The van der Waals surface area contributed by atoms with Gasteiger partial charge in [-0.15, -0.1) is 0 Å². The minimum Gasteiger partial charge on any atom is -0.454 e. The van der Waals surface area contributed by atoms with Gasteiger partial charge in [0.15, 0.2) is 19.2 Å². The largest absolute Gasteiger partial charge is 0.454 e. The van der Waals surface area contributed by atoms with E-state index in [1.54, 1.807) is 0 Å². The number of rotatable bonds is 14. The van der Waals surface area contributed by atoms with Crippen molar-refractivity contribution in [3.63, 3.8) is 0 Å². The predicted octanol–water partition coefficient (Wildman–Crippen LogP) is 25.3. The summed E-state index contributed by atoms with van der Waals surface area (Å²) in [5.74, 6) is 0. The van der Waals surface area contributed by atoms with Crippen molar-refractivity contribution in [3.8, 4) is 33.4 Å². The molecule has 0 fully saturated rings. The van der Waals surface area contributed by atoms with Crippen molar-refractivity contribution in [2.45, 2.75) is 12.3 Å². The normalized spacial score (nSPS) is 12.5. The maximum Gasteiger partial charge on any atom is 0.179 e. The summed E-state index contributed by atoms with van der Waals surface area (Å²) in [5.41, 5.74) is 20.9. The Morgan fingerprint density at radius 1 is 0.257 bits per heavy atom. The molecule has 2 aromatic heterocycles. The first-order valence-electron chi connectivity index (χ1n) is 37.6. The highest BCUT2D eigenvalue weighted by Crippen LogP contribution is 2.62. The van der Waals surface area contributed by atoms with Gasteiger partial charge in [-0.25, -0.2) is 0 Å². The van der Waals surface area contributed by atoms with E-state index in [-0.39, 0.29) is 0 Å². The Labute approximate surface area is 633 Å². The molecule has 0 spiro atoms. The van der Waals surface area contributed by atoms with Gasteiger partial charge < -0.3 is 18.6 Å². The molecule has 20 aromatic rings. The molecule has 512 valence electrons. The van der Waals surface area contributed by atoms with Gasteiger partial charge in [-0.2, -0.15) is 0 Å². The number of aryl methyl sites for hydroxylation is 1. The Balaban J connectivity index is 0.839. The third-order valence-corrected chi connectivity index (χ3v) is 27.9. The van der Waals surface area contributed by atoms with Crippen LogP contribution < -0.4 is 30.5 Å². The van der Waals surface area contributed by atoms with E-state index in [4.69, 9.17) is 8.83 Å². The van der Waals surface area contributed by atoms with Crippen LogP contribution in [-0.2, 0) is 5.41 Å². The van der Waals surface area contributed by atoms with Crippen LogP contribution in [0.15, 0.2) is 415 Å². The zero-order chi connectivity index (χ0) is 72.2. The van der Waals surface area contributed by atoms with Crippen LogP contribution in [0.4, 0.5) is 34.1 Å². The first-order chi connectivity index (χ1) is 54.0. The van der Waals surface area contributed by atoms with Crippen LogP contribution in [0.3, 0.4) is 0 Å². The molecule has 0 bridgehead atoms. The second-order valence-electron chi connectivity index (χ2n) is 29.0. The number of para-hydroxylation sites is 2. The van der Waals surface area contributed by atoms with Gasteiger partial charge in [0.1, 0.15) is 11.2 Å². The van der Waals surface area contributed by atoms with E-state index >= 15 is 0 Å². The second-order valence-corrected chi connectivity index (χ2v) is 32.8. The number of benzene rings is 18. The zero-order valence-corrected chi connectivity index (χ0v) is 60.9. The van der Waals surface area contributed by atoms with Crippen molar-refractivity contribution in [2.75, 3.05) is 9.80 Å². The Morgan fingerprint density at radius 3 is 1.17 bits per heavy atom. The Kier molecular flexibility index (Phi) is 15.0. The number of nitrogens with zero attached hydrogens (tertiary/aromatic N) is 2. The van der Waals surface area contributed by atoms with Crippen molar-refractivity contribution >= 4 is 139 Å². The van der Waals surface area contributed by atoms with E-state index in [0.29, 0.717) is 0 Å². The Morgan fingerprint density at radius 2 is 0.661 bits per heavy atom. The summed E-state index contributed by atoms with van der Waals surface area (Å²) in [6.45, 7) is 2.15. The lowest BCUT2D eigenvalue weighted by Crippen LogP contribution is -2.74. The van der Waals surface area contributed by atoms with Crippen LogP contribution in [0.5, 0.6) is 0 Å². The Bertz CT molecular complexity index is 6770. The second kappa shape index (κ2) is 25.7. The molecular formula is C104H70N2O2Si. The smallest absolute Gasteiger partial charge is 0.179 e. The molecule has 1 aliphatic carbocycles. The lowest BCUT2D eigenvalue weighted by Gasteiger charge is -2.36. The summed E-state index contributed by atoms with van der Waals surface area (Å²) in [6.07, 6.45) is 0. The van der Waals surface area contributed by atoms with Gasteiger partial charge in [0, 0.05) is 43.4 Å². The molecule has 18 aromatic carbocycles. The fourth-order valence-electron chi connectivity index (χ4n) is 18.2. The molecule has 0 unspecified atom stereocenters. The highest BCUT2D eigenvalue weighted by atomic mass is 28.3. The summed E-state index contributed by atoms with van der Waals surface area (Å²) in [7, 11) is -2.87. The van der Waals surface area contributed by atoms with Gasteiger partial charge in [0.05, 0.1) is 33.9 Å². The molecule has 2 heterocycles. The molecule has 0 radical (unpaired) electrons. The SMILES string of the molecule is Cc1ccc(-c2cc(N(c3ccc4c(c3)C(c3ccccc3)(c3ccccc3)c3cc(N(c5cccc6ccccc56)c5cc(-c6ccc([Si](c7ccccc7)(c7ccccc7)c7ccccc7)cc6)cc6c5oc5ccccc56)c5ccccc5c3-4)c3cccc4ccccc34)c3oc4ccccc4c3c2)cc1. The quantitative estimate of drug-likeness (QED) is 0.0802. The van der Waals surface area contributed by atoms with E-state index in [9.17, 15) is 0 Å². The van der Waals surface area contributed by atoms with Gasteiger partial charge in [0.25, 0.3) is 0 Å². The monoisotopic (exact) mass is 1410 g/mol. The van der Waals surface area contributed by atoms with Gasteiger partial charge in [0.2, 0.25) is 0 Å². The van der Waals surface area contributed by atoms with E-state index < -0.39 is 13.5 Å². The standard InChI is InChI=1S/C104H70N2O2Si/c1-69-53-55-70(56-54-69)74-63-90-86-46-23-25-51-99(86)107-102(90)97(65-74)105(94-49-27-31-72-29-17-19-43-83(72)94)78-59-62-89-92(67-78)104(76-33-7-2-8-34-76,77-35-9-3-10-36-77)93-68-96(85-45-21-22-48-88(85)101(89)93)106(95-50-28-32-73-30-18-20-44-84(73)95)98-66-75(64-91-87-47-24-26-52-100(87)108-103(91)98)71-57-60-82(61-58-71)109(79-37-11-4-12-38-79,80-39-13-5-14-40-80)81-41-15-6-16-42-81/h2-68H,1H3. The lowest BCUT2D eigenvalue weighted by atomic mass is 9.67. The van der Waals surface area contributed by atoms with Crippen LogP contribution in [0, 0.1) is 6.92 Å². The predicted molar refractivity (Wildman–Crippen MR) is 459 cm³/mol. The molecular weight excluding hydrogens is 1340 g/mol. The lowest BCUT2D eigenvalue weighted by molar-refractivity contribution is 0.669. The van der Waals surface area contributed by atoms with Crippen LogP contribution >= 0.6 is 0 Å². The molecule has 109 heavy (non-hydrogen) atoms. The van der Waals surface area contributed by atoms with Gasteiger partial charge in [-0.1, -0.05) is 345 Å². The molecule has 4 nitrogen and oxygen atoms in total. The van der Waals surface area contributed by atoms with Crippen molar-refractivity contribution in [2.24, 2.45) is 0 Å². The number of anilines is 6. The first-order valence-corrected chi connectivity index (χ1v) is 39.6. The van der Waals surface area contributed by atoms with Crippen LogP contribution in [0.2, 0.25) is 0 Å². The maximum atomic E-state index is 7.42. The minimum atomic E-state index is -2.87. The van der Waals surface area contributed by atoms with E-state index in [0.717, 1.165) is 149 Å². The molecule has 0 saturated heterocycles. The summed E-state index contributed by atoms with van der Waals surface area (Å²) < 4.78 is 14.6. The molecule has 0 saturated carbocycles. The summed E-state index contributed by atoms with van der Waals surface area (Å²) in [5, 5.41) is 16.3. The summed E-state index contributed by atoms with van der Waals surface area (Å²) in [4.78, 5) is 5.02. The van der Waals surface area contributed by atoms with Gasteiger partial charge in [-0.3, -0.25) is 0 Å². The van der Waals surface area contributed by atoms with Crippen molar-refractivity contribution < 1.29 is 8.83 Å². The molecule has 1 aliphatic rings. The highest BCUT2D eigenvalue weighted by molar-refractivity contribution is 7.19. The fraction of sp³-hybridized carbons (Fsp3) is 0.0192. The van der Waals surface area contributed by atoms with E-state index in [2.05, 4.69) is 423 Å². The van der Waals surface area contributed by atoms with Gasteiger partial charge >= 0.3 is 0 Å². The van der Waals surface area contributed by atoms with Crippen LogP contribution in [0.1, 0.15) is 27.8 Å². The molecule has 0 aliphatic heterocycles. The van der Waals surface area contributed by atoms with Crippen molar-refractivity contribution in [1.82, 2.24) is 0 Å². The number of fused-ring (bicyclic) bond motifs is 13. The average molecular weight is 1410 g/mol. The molecule has 5 heteroatoms. The van der Waals surface area contributed by atoms with Crippen molar-refractivity contribution in [3.05, 3.63) is 434 Å². The molecule has 0 amide bonds. The number of furan rings is 2. The topological polar surface area (TPSA) is 32.8 Å². The maximum absolute atomic E-state index is 7.42. The number of hydrogen-bond acceptors (Lipinski definition) is 4. The number of hydrogen-bond donors (Lipinski definition) is 0. The van der Waals surface area contributed by atoms with E-state index in [1.165, 1.54) is 43.0 Å². The Hall–Kier alpha value is -13.8. The highest BCUT2D eigenvalue weighted by Gasteiger charge is 2.49. The van der Waals surface area contributed by atoms with E-state index in [1.807, 2.05) is 0 Å². The van der Waals surface area contributed by atoms with Crippen LogP contribution in [-0.4, -0.2) is 8.07 Å². The van der Waals surface area contributed by atoms with Crippen LogP contribution in [0.25, 0.3) is 110 Å². The zero-order valence-electron chi connectivity index (χ0n) is 59.9. The minimum absolute atomic E-state index is 0.798. The third-order valence-electron chi connectivity index (χ3n) is 23.1. The summed E-state index contributed by atoms with van der Waals surface area (Å²) in [6, 6.07) is 151. The third kappa shape index (κ3) is 10.0. The molecule has 0 N–H and O–H groups in total. The average Bonchev–Trinajstić information content (AvgIpc) is 1.52. The first kappa shape index (κ1) is 63.6. The fourth-order valence-corrected chi connectivity index (χ4v) is 23.0. The molecule has 21 rings (SSSR count). The van der Waals surface area contributed by atoms with Crippen molar-refractivity contribution in [1.29, 1.82) is 0 Å².